The number of nitrogens with zero attached hydrogens (tertiary/aromatic N) is 3. The van der Waals surface area contributed by atoms with Gasteiger partial charge < -0.3 is 9.80 Å². The van der Waals surface area contributed by atoms with Crippen LogP contribution in [0.1, 0.15) is 47.0 Å². The number of hydrogen-bond donors (Lipinski definition) is 0. The monoisotopic (exact) mass is 439 g/mol. The molecule has 0 bridgehead atoms. The highest BCUT2D eigenvalue weighted by Gasteiger charge is 2.31. The number of amides is 2. The number of para-hydroxylation sites is 1. The molecule has 2 aromatic carbocycles. The molecule has 0 aliphatic carbocycles. The molecule has 30 heavy (non-hydrogen) atoms. The van der Waals surface area contributed by atoms with E-state index in [2.05, 4.69) is 6.07 Å². The van der Waals surface area contributed by atoms with Gasteiger partial charge in [-0.15, -0.1) is 11.3 Å². The van der Waals surface area contributed by atoms with E-state index in [0.717, 1.165) is 36.3 Å². The molecule has 2 aliphatic rings. The molecule has 1 atom stereocenters. The molecule has 5 nitrogen and oxygen atoms in total. The summed E-state index contributed by atoms with van der Waals surface area (Å²) in [4.78, 5) is 34.2. The number of aromatic nitrogens is 1. The first-order chi connectivity index (χ1) is 14.6. The van der Waals surface area contributed by atoms with Crippen LogP contribution in [0.3, 0.4) is 0 Å². The predicted octanol–water partition coefficient (Wildman–Crippen LogP) is 5.10. The highest BCUT2D eigenvalue weighted by molar-refractivity contribution is 7.18. The number of benzene rings is 2. The number of hydrogen-bond acceptors (Lipinski definition) is 4. The van der Waals surface area contributed by atoms with Crippen molar-refractivity contribution in [3.63, 3.8) is 0 Å². The minimum Gasteiger partial charge on any atom is -0.338 e. The molecule has 0 N–H and O–H groups in total. The molecular weight excluding hydrogens is 418 g/mol. The largest absolute Gasteiger partial charge is 0.338 e. The molecule has 7 heteroatoms. The van der Waals surface area contributed by atoms with Crippen LogP contribution in [-0.4, -0.2) is 41.3 Å². The number of halogens is 1. The fourth-order valence-electron chi connectivity index (χ4n) is 4.41. The fourth-order valence-corrected chi connectivity index (χ4v) is 5.67. The van der Waals surface area contributed by atoms with Gasteiger partial charge in [0.1, 0.15) is 0 Å². The van der Waals surface area contributed by atoms with E-state index in [1.54, 1.807) is 34.4 Å². The summed E-state index contributed by atoms with van der Waals surface area (Å²) in [6.07, 6.45) is 3.30. The second-order valence-corrected chi connectivity index (χ2v) is 9.42. The van der Waals surface area contributed by atoms with Crippen LogP contribution >= 0.6 is 22.9 Å². The van der Waals surface area contributed by atoms with Gasteiger partial charge in [-0.2, -0.15) is 0 Å². The van der Waals surface area contributed by atoms with Gasteiger partial charge in [-0.05, 0) is 49.6 Å². The van der Waals surface area contributed by atoms with Crippen LogP contribution in [0, 0.1) is 0 Å². The standard InChI is InChI=1S/C23H22ClN3O2S/c24-16-9-10-17(19(13-16)27-12-4-8-21(27)28)23(29)26-11-3-5-15(14-26)22-25-18-6-1-2-7-20(18)30-22/h1-2,6-7,9-10,13,15H,3-5,8,11-12,14H2. The zero-order chi connectivity index (χ0) is 20.7. The molecule has 2 amide bonds. The summed E-state index contributed by atoms with van der Waals surface area (Å²) in [7, 11) is 0. The predicted molar refractivity (Wildman–Crippen MR) is 121 cm³/mol. The van der Waals surface area contributed by atoms with Crippen LogP contribution < -0.4 is 4.90 Å². The van der Waals surface area contributed by atoms with Crippen molar-refractivity contribution in [2.75, 3.05) is 24.5 Å². The van der Waals surface area contributed by atoms with Crippen LogP contribution in [0.15, 0.2) is 42.5 Å². The van der Waals surface area contributed by atoms with Gasteiger partial charge in [-0.3, -0.25) is 9.59 Å². The average molecular weight is 440 g/mol. The van der Waals surface area contributed by atoms with E-state index in [0.29, 0.717) is 35.8 Å². The second kappa shape index (κ2) is 8.00. The van der Waals surface area contributed by atoms with Gasteiger partial charge in [0, 0.05) is 37.0 Å². The van der Waals surface area contributed by atoms with Crippen molar-refractivity contribution in [3.05, 3.63) is 58.1 Å². The lowest BCUT2D eigenvalue weighted by Crippen LogP contribution is -2.40. The number of thiazole rings is 1. The van der Waals surface area contributed by atoms with Gasteiger partial charge in [0.25, 0.3) is 5.91 Å². The summed E-state index contributed by atoms with van der Waals surface area (Å²) in [5.74, 6) is 0.258. The second-order valence-electron chi connectivity index (χ2n) is 7.92. The number of anilines is 1. The van der Waals surface area contributed by atoms with Crippen molar-refractivity contribution in [2.45, 2.75) is 31.6 Å². The molecule has 1 aromatic heterocycles. The van der Waals surface area contributed by atoms with E-state index >= 15 is 0 Å². The molecule has 2 fully saturated rings. The van der Waals surface area contributed by atoms with Crippen LogP contribution in [0.25, 0.3) is 10.2 Å². The van der Waals surface area contributed by atoms with Crippen molar-refractivity contribution in [2.24, 2.45) is 0 Å². The molecule has 154 valence electrons. The molecular formula is C23H22ClN3O2S. The van der Waals surface area contributed by atoms with Gasteiger partial charge in [0.05, 0.1) is 26.5 Å². The van der Waals surface area contributed by atoms with E-state index in [9.17, 15) is 9.59 Å². The Kier molecular flexibility index (Phi) is 5.21. The summed E-state index contributed by atoms with van der Waals surface area (Å²) >= 11 is 7.93. The molecule has 0 radical (unpaired) electrons. The molecule has 2 saturated heterocycles. The van der Waals surface area contributed by atoms with E-state index in [4.69, 9.17) is 16.6 Å². The number of carbonyl (C=O) groups excluding carboxylic acids is 2. The Morgan fingerprint density at radius 3 is 2.80 bits per heavy atom. The Labute approximate surface area is 184 Å². The van der Waals surface area contributed by atoms with Crippen LogP contribution in [0.2, 0.25) is 5.02 Å². The van der Waals surface area contributed by atoms with Crippen molar-refractivity contribution < 1.29 is 9.59 Å². The topological polar surface area (TPSA) is 53.5 Å². The van der Waals surface area contributed by atoms with E-state index in [-0.39, 0.29) is 17.7 Å². The summed E-state index contributed by atoms with van der Waals surface area (Å²) in [6.45, 7) is 2.00. The summed E-state index contributed by atoms with van der Waals surface area (Å²) in [6, 6.07) is 13.4. The van der Waals surface area contributed by atoms with Crippen molar-refractivity contribution in [1.29, 1.82) is 0 Å². The minimum absolute atomic E-state index is 0.0350. The number of fused-ring (bicyclic) bond motifs is 1. The molecule has 1 unspecified atom stereocenters. The maximum absolute atomic E-state index is 13.5. The number of likely N-dealkylation sites (tertiary alicyclic amines) is 1. The number of rotatable bonds is 3. The molecule has 0 saturated carbocycles. The third-order valence-electron chi connectivity index (χ3n) is 5.92. The highest BCUT2D eigenvalue weighted by atomic mass is 35.5. The lowest BCUT2D eigenvalue weighted by atomic mass is 9.97. The summed E-state index contributed by atoms with van der Waals surface area (Å²) in [5.41, 5.74) is 2.21. The smallest absolute Gasteiger partial charge is 0.255 e. The highest BCUT2D eigenvalue weighted by Crippen LogP contribution is 2.35. The number of carbonyl (C=O) groups is 2. The Bertz CT molecular complexity index is 1100. The Balaban J connectivity index is 1.41. The third-order valence-corrected chi connectivity index (χ3v) is 7.36. The first-order valence-electron chi connectivity index (χ1n) is 10.3. The van der Waals surface area contributed by atoms with E-state index in [1.807, 2.05) is 23.1 Å². The Hall–Kier alpha value is -2.44. The van der Waals surface area contributed by atoms with Gasteiger partial charge in [0.15, 0.2) is 0 Å². The van der Waals surface area contributed by atoms with Crippen LogP contribution in [0.4, 0.5) is 5.69 Å². The maximum Gasteiger partial charge on any atom is 0.255 e. The van der Waals surface area contributed by atoms with Crippen molar-refractivity contribution in [3.8, 4) is 0 Å². The van der Waals surface area contributed by atoms with Crippen molar-refractivity contribution in [1.82, 2.24) is 9.88 Å². The lowest BCUT2D eigenvalue weighted by molar-refractivity contribution is -0.117. The van der Waals surface area contributed by atoms with Crippen LogP contribution in [-0.2, 0) is 4.79 Å². The summed E-state index contributed by atoms with van der Waals surface area (Å²) < 4.78 is 1.18. The first kappa shape index (κ1) is 19.5. The Morgan fingerprint density at radius 2 is 2.00 bits per heavy atom. The zero-order valence-corrected chi connectivity index (χ0v) is 18.1. The molecule has 2 aliphatic heterocycles. The molecule has 0 spiro atoms. The fraction of sp³-hybridized carbons (Fsp3) is 0.348. The molecule has 3 heterocycles. The minimum atomic E-state index is -0.0350. The third kappa shape index (κ3) is 3.59. The average Bonchev–Trinajstić information content (AvgIpc) is 3.39. The number of piperidine rings is 1. The SMILES string of the molecule is O=C(c1ccc(Cl)cc1N1CCCC1=O)N1CCCC(c2nc3ccccc3s2)C1. The van der Waals surface area contributed by atoms with E-state index in [1.165, 1.54) is 4.70 Å². The normalized spacial score (nSPS) is 19.6. The van der Waals surface area contributed by atoms with Gasteiger partial charge >= 0.3 is 0 Å². The van der Waals surface area contributed by atoms with Gasteiger partial charge in [0.2, 0.25) is 5.91 Å². The van der Waals surface area contributed by atoms with Crippen LogP contribution in [0.5, 0.6) is 0 Å². The summed E-state index contributed by atoms with van der Waals surface area (Å²) in [5, 5.41) is 1.63. The maximum atomic E-state index is 13.5. The molecule has 5 rings (SSSR count). The van der Waals surface area contributed by atoms with E-state index < -0.39 is 0 Å². The van der Waals surface area contributed by atoms with Gasteiger partial charge in [-0.1, -0.05) is 23.7 Å². The Morgan fingerprint density at radius 1 is 1.13 bits per heavy atom. The first-order valence-corrected chi connectivity index (χ1v) is 11.5. The van der Waals surface area contributed by atoms with Crippen molar-refractivity contribution >= 4 is 50.7 Å². The molecule has 3 aromatic rings. The quantitative estimate of drug-likeness (QED) is 0.570. The van der Waals surface area contributed by atoms with Gasteiger partial charge in [-0.25, -0.2) is 4.98 Å². The zero-order valence-electron chi connectivity index (χ0n) is 16.5. The lowest BCUT2D eigenvalue weighted by Gasteiger charge is -2.33.